The van der Waals surface area contributed by atoms with Crippen molar-refractivity contribution < 1.29 is 26.3 Å². The van der Waals surface area contributed by atoms with Crippen molar-refractivity contribution in [3.8, 4) is 0 Å². The van der Waals surface area contributed by atoms with E-state index < -0.39 is 30.2 Å². The summed E-state index contributed by atoms with van der Waals surface area (Å²) in [5, 5.41) is 0. The van der Waals surface area contributed by atoms with Crippen LogP contribution in [0, 0.1) is 11.8 Å². The van der Waals surface area contributed by atoms with Gasteiger partial charge in [-0.25, -0.2) is 0 Å². The number of hydrogen-bond acceptors (Lipinski definition) is 1. The van der Waals surface area contributed by atoms with Gasteiger partial charge in [0, 0.05) is 6.04 Å². The van der Waals surface area contributed by atoms with Gasteiger partial charge in [-0.3, -0.25) is 0 Å². The summed E-state index contributed by atoms with van der Waals surface area (Å²) in [5.74, 6) is -4.09. The molecule has 0 radical (unpaired) electrons. The van der Waals surface area contributed by atoms with Crippen molar-refractivity contribution in [3.63, 3.8) is 0 Å². The van der Waals surface area contributed by atoms with E-state index in [1.54, 1.807) is 0 Å². The summed E-state index contributed by atoms with van der Waals surface area (Å²) in [7, 11) is 0. The molecule has 2 N–H and O–H groups in total. The van der Waals surface area contributed by atoms with E-state index in [0.717, 1.165) is 6.42 Å². The Morgan fingerprint density at radius 1 is 0.824 bits per heavy atom. The molecule has 1 aliphatic carbocycles. The summed E-state index contributed by atoms with van der Waals surface area (Å²) in [4.78, 5) is 0. The Labute approximate surface area is 95.4 Å². The summed E-state index contributed by atoms with van der Waals surface area (Å²) < 4.78 is 74.5. The highest BCUT2D eigenvalue weighted by Crippen LogP contribution is 2.44. The third kappa shape index (κ3) is 3.76. The minimum absolute atomic E-state index is 0.351. The zero-order valence-corrected chi connectivity index (χ0v) is 9.11. The van der Waals surface area contributed by atoms with E-state index in [4.69, 9.17) is 5.73 Å². The van der Waals surface area contributed by atoms with Gasteiger partial charge in [-0.1, -0.05) is 19.3 Å². The standard InChI is InChI=1S/C10H15F6N/c11-9(12,13)8(10(14,15)16)7(17)6-4-2-1-3-5-6/h6-8H,1-5,17H2. The fraction of sp³-hybridized carbons (Fsp3) is 1.00. The molecule has 7 heteroatoms. The second-order valence-electron chi connectivity index (χ2n) is 4.54. The lowest BCUT2D eigenvalue weighted by atomic mass is 9.78. The molecule has 1 nitrogen and oxygen atoms in total. The molecule has 0 aromatic heterocycles. The molecule has 102 valence electrons. The fourth-order valence-corrected chi connectivity index (χ4v) is 2.41. The molecule has 0 bridgehead atoms. The molecule has 0 aromatic rings. The Kier molecular flexibility index (Phi) is 4.33. The SMILES string of the molecule is NC(C1CCCCC1)C(C(F)(F)F)C(F)(F)F. The Morgan fingerprint density at radius 2 is 1.24 bits per heavy atom. The molecule has 0 amide bonds. The maximum Gasteiger partial charge on any atom is 0.402 e. The third-order valence-corrected chi connectivity index (χ3v) is 3.28. The second-order valence-corrected chi connectivity index (χ2v) is 4.54. The van der Waals surface area contributed by atoms with Crippen molar-refractivity contribution in [1.29, 1.82) is 0 Å². The largest absolute Gasteiger partial charge is 0.402 e. The van der Waals surface area contributed by atoms with E-state index in [-0.39, 0.29) is 0 Å². The van der Waals surface area contributed by atoms with Crippen molar-refractivity contribution in [1.82, 2.24) is 0 Å². The zero-order chi connectivity index (χ0) is 13.3. The summed E-state index contributed by atoms with van der Waals surface area (Å²) in [6, 6.07) is -1.88. The average molecular weight is 263 g/mol. The van der Waals surface area contributed by atoms with Crippen molar-refractivity contribution in [2.75, 3.05) is 0 Å². The monoisotopic (exact) mass is 263 g/mol. The Bertz CT molecular complexity index is 226. The molecule has 1 unspecified atom stereocenters. The van der Waals surface area contributed by atoms with E-state index in [0.29, 0.717) is 25.7 Å². The van der Waals surface area contributed by atoms with Crippen LogP contribution in [0.4, 0.5) is 26.3 Å². The van der Waals surface area contributed by atoms with Gasteiger partial charge in [-0.05, 0) is 18.8 Å². The first kappa shape index (κ1) is 14.6. The highest BCUT2D eigenvalue weighted by molar-refractivity contribution is 4.90. The topological polar surface area (TPSA) is 26.0 Å². The molecule has 1 saturated carbocycles. The van der Waals surface area contributed by atoms with Gasteiger partial charge in [0.25, 0.3) is 0 Å². The molecule has 17 heavy (non-hydrogen) atoms. The van der Waals surface area contributed by atoms with Crippen LogP contribution in [-0.2, 0) is 0 Å². The molecule has 1 atom stereocenters. The molecule has 1 aliphatic rings. The summed E-state index contributed by atoms with van der Waals surface area (Å²) in [5.41, 5.74) is 5.22. The van der Waals surface area contributed by atoms with Crippen LogP contribution < -0.4 is 5.73 Å². The van der Waals surface area contributed by atoms with Crippen LogP contribution >= 0.6 is 0 Å². The molecular formula is C10H15F6N. The number of alkyl halides is 6. The third-order valence-electron chi connectivity index (χ3n) is 3.28. The van der Waals surface area contributed by atoms with Crippen molar-refractivity contribution in [2.24, 2.45) is 17.6 Å². The first-order valence-corrected chi connectivity index (χ1v) is 5.53. The van der Waals surface area contributed by atoms with Crippen molar-refractivity contribution >= 4 is 0 Å². The average Bonchev–Trinajstić information content (AvgIpc) is 2.14. The lowest BCUT2D eigenvalue weighted by Gasteiger charge is -2.35. The van der Waals surface area contributed by atoms with E-state index >= 15 is 0 Å². The van der Waals surface area contributed by atoms with Crippen LogP contribution in [0.25, 0.3) is 0 Å². The normalized spacial score (nSPS) is 21.9. The number of nitrogens with two attached hydrogens (primary N) is 1. The van der Waals surface area contributed by atoms with Gasteiger partial charge in [-0.2, -0.15) is 26.3 Å². The first-order valence-electron chi connectivity index (χ1n) is 5.53. The van der Waals surface area contributed by atoms with Crippen LogP contribution in [-0.4, -0.2) is 18.4 Å². The number of rotatable bonds is 2. The highest BCUT2D eigenvalue weighted by atomic mass is 19.4. The van der Waals surface area contributed by atoms with Crippen LogP contribution in [0.2, 0.25) is 0 Å². The van der Waals surface area contributed by atoms with Crippen molar-refractivity contribution in [2.45, 2.75) is 50.5 Å². The molecule has 0 aliphatic heterocycles. The van der Waals surface area contributed by atoms with Crippen LogP contribution in [0.1, 0.15) is 32.1 Å². The first-order chi connectivity index (χ1) is 7.64. The molecule has 1 fully saturated rings. The maximum absolute atomic E-state index is 12.4. The van der Waals surface area contributed by atoms with Gasteiger partial charge in [0.05, 0.1) is 0 Å². The zero-order valence-electron chi connectivity index (χ0n) is 9.11. The number of hydrogen-bond donors (Lipinski definition) is 1. The van der Waals surface area contributed by atoms with Gasteiger partial charge in [0.15, 0.2) is 5.92 Å². The summed E-state index contributed by atoms with van der Waals surface area (Å²) in [6.07, 6.45) is -7.79. The smallest absolute Gasteiger partial charge is 0.327 e. The summed E-state index contributed by atoms with van der Waals surface area (Å²) in [6.45, 7) is 0. The minimum Gasteiger partial charge on any atom is -0.327 e. The molecule has 1 rings (SSSR count). The minimum atomic E-state index is -5.32. The van der Waals surface area contributed by atoms with Gasteiger partial charge < -0.3 is 5.73 Å². The molecule has 0 spiro atoms. The maximum atomic E-state index is 12.4. The van der Waals surface area contributed by atoms with Gasteiger partial charge in [-0.15, -0.1) is 0 Å². The predicted octanol–water partition coefficient (Wildman–Crippen LogP) is 3.63. The Hall–Kier alpha value is -0.460. The van der Waals surface area contributed by atoms with Crippen molar-refractivity contribution in [3.05, 3.63) is 0 Å². The molecule has 0 saturated heterocycles. The van der Waals surface area contributed by atoms with Crippen LogP contribution in [0.3, 0.4) is 0 Å². The molecule has 0 aromatic carbocycles. The lowest BCUT2D eigenvalue weighted by Crippen LogP contribution is -2.52. The quantitative estimate of drug-likeness (QED) is 0.756. The molecular weight excluding hydrogens is 248 g/mol. The molecule has 0 heterocycles. The predicted molar refractivity (Wildman–Crippen MR) is 50.2 cm³/mol. The highest BCUT2D eigenvalue weighted by Gasteiger charge is 2.60. The van der Waals surface area contributed by atoms with Crippen LogP contribution in [0.15, 0.2) is 0 Å². The summed E-state index contributed by atoms with van der Waals surface area (Å²) >= 11 is 0. The van der Waals surface area contributed by atoms with E-state index in [1.165, 1.54) is 0 Å². The van der Waals surface area contributed by atoms with Gasteiger partial charge >= 0.3 is 12.4 Å². The van der Waals surface area contributed by atoms with E-state index in [1.807, 2.05) is 0 Å². The van der Waals surface area contributed by atoms with E-state index in [9.17, 15) is 26.3 Å². The van der Waals surface area contributed by atoms with E-state index in [2.05, 4.69) is 0 Å². The Balaban J connectivity index is 2.82. The second kappa shape index (κ2) is 5.04. The number of halogens is 6. The lowest BCUT2D eigenvalue weighted by molar-refractivity contribution is -0.293. The van der Waals surface area contributed by atoms with Gasteiger partial charge in [0.1, 0.15) is 0 Å². The van der Waals surface area contributed by atoms with Gasteiger partial charge in [0.2, 0.25) is 0 Å². The van der Waals surface area contributed by atoms with Crippen LogP contribution in [0.5, 0.6) is 0 Å². The fourth-order valence-electron chi connectivity index (χ4n) is 2.41. The Morgan fingerprint density at radius 3 is 1.59 bits per heavy atom.